The molecule has 1 aromatic carbocycles. The van der Waals surface area contributed by atoms with Gasteiger partial charge < -0.3 is 19.7 Å². The number of carbonyl (C=O) groups is 2. The van der Waals surface area contributed by atoms with E-state index in [1.807, 2.05) is 30.0 Å². The highest BCUT2D eigenvalue weighted by Crippen LogP contribution is 2.32. The minimum absolute atomic E-state index is 0.0650. The number of ether oxygens (including phenoxy) is 2. The fraction of sp³-hybridized carbons (Fsp3) is 0.579. The predicted octanol–water partition coefficient (Wildman–Crippen LogP) is 1.19. The Hall–Kier alpha value is -2.28. The SMILES string of the molecule is CC(NC(=O)CN1CCCC1C(=O)N(C)C)c1ccc2c(c1)OCCO2. The molecule has 0 saturated carbocycles. The van der Waals surface area contributed by atoms with E-state index in [4.69, 9.17) is 9.47 Å². The summed E-state index contributed by atoms with van der Waals surface area (Å²) in [6.07, 6.45) is 1.75. The third kappa shape index (κ3) is 4.09. The van der Waals surface area contributed by atoms with Crippen LogP contribution in [-0.4, -0.2) is 68.1 Å². The molecule has 3 rings (SSSR count). The molecule has 2 aliphatic rings. The number of hydrogen-bond donors (Lipinski definition) is 1. The lowest BCUT2D eigenvalue weighted by molar-refractivity contribution is -0.134. The number of benzene rings is 1. The van der Waals surface area contributed by atoms with Crippen molar-refractivity contribution in [2.45, 2.75) is 31.8 Å². The number of likely N-dealkylation sites (N-methyl/N-ethyl adjacent to an activating group) is 1. The topological polar surface area (TPSA) is 71.1 Å². The average molecular weight is 361 g/mol. The van der Waals surface area contributed by atoms with Gasteiger partial charge in [0.15, 0.2) is 11.5 Å². The van der Waals surface area contributed by atoms with E-state index in [1.165, 1.54) is 0 Å². The van der Waals surface area contributed by atoms with E-state index >= 15 is 0 Å². The summed E-state index contributed by atoms with van der Waals surface area (Å²) in [6.45, 7) is 4.04. The van der Waals surface area contributed by atoms with Crippen LogP contribution >= 0.6 is 0 Å². The summed E-state index contributed by atoms with van der Waals surface area (Å²) < 4.78 is 11.1. The van der Waals surface area contributed by atoms with Gasteiger partial charge in [-0.1, -0.05) is 6.07 Å². The zero-order chi connectivity index (χ0) is 18.7. The number of nitrogens with one attached hydrogen (secondary N) is 1. The first kappa shape index (κ1) is 18.5. The minimum atomic E-state index is -0.194. The second-order valence-electron chi connectivity index (χ2n) is 7.05. The maximum Gasteiger partial charge on any atom is 0.239 e. The van der Waals surface area contributed by atoms with Gasteiger partial charge in [0.05, 0.1) is 18.6 Å². The fourth-order valence-electron chi connectivity index (χ4n) is 3.48. The average Bonchev–Trinajstić information content (AvgIpc) is 3.08. The van der Waals surface area contributed by atoms with Crippen LogP contribution < -0.4 is 14.8 Å². The molecule has 2 aliphatic heterocycles. The lowest BCUT2D eigenvalue weighted by atomic mass is 10.1. The molecule has 7 heteroatoms. The Morgan fingerprint density at radius 1 is 1.27 bits per heavy atom. The summed E-state index contributed by atoms with van der Waals surface area (Å²) >= 11 is 0. The second-order valence-corrected chi connectivity index (χ2v) is 7.05. The van der Waals surface area contributed by atoms with Crippen molar-refractivity contribution in [2.75, 3.05) is 40.4 Å². The monoisotopic (exact) mass is 361 g/mol. The van der Waals surface area contributed by atoms with E-state index in [0.29, 0.717) is 19.0 Å². The van der Waals surface area contributed by atoms with Crippen molar-refractivity contribution in [2.24, 2.45) is 0 Å². The Morgan fingerprint density at radius 3 is 2.73 bits per heavy atom. The third-order valence-electron chi connectivity index (χ3n) is 4.88. The van der Waals surface area contributed by atoms with Gasteiger partial charge in [-0.3, -0.25) is 14.5 Å². The molecule has 7 nitrogen and oxygen atoms in total. The molecule has 2 unspecified atom stereocenters. The molecule has 0 bridgehead atoms. The van der Waals surface area contributed by atoms with Crippen molar-refractivity contribution in [1.82, 2.24) is 15.1 Å². The van der Waals surface area contributed by atoms with Crippen LogP contribution in [0.1, 0.15) is 31.4 Å². The van der Waals surface area contributed by atoms with Crippen molar-refractivity contribution in [3.05, 3.63) is 23.8 Å². The number of nitrogens with zero attached hydrogens (tertiary/aromatic N) is 2. The summed E-state index contributed by atoms with van der Waals surface area (Å²) in [5.41, 5.74) is 0.963. The molecule has 0 aliphatic carbocycles. The smallest absolute Gasteiger partial charge is 0.239 e. The quantitative estimate of drug-likeness (QED) is 0.853. The van der Waals surface area contributed by atoms with Crippen molar-refractivity contribution in [3.63, 3.8) is 0 Å². The highest BCUT2D eigenvalue weighted by Gasteiger charge is 2.32. The Bertz CT molecular complexity index is 677. The zero-order valence-electron chi connectivity index (χ0n) is 15.7. The summed E-state index contributed by atoms with van der Waals surface area (Å²) in [4.78, 5) is 28.3. The van der Waals surface area contributed by atoms with Crippen molar-refractivity contribution < 1.29 is 19.1 Å². The Labute approximate surface area is 154 Å². The molecule has 1 saturated heterocycles. The Balaban J connectivity index is 1.58. The van der Waals surface area contributed by atoms with Crippen LogP contribution in [0.4, 0.5) is 0 Å². The van der Waals surface area contributed by atoms with Crippen molar-refractivity contribution in [3.8, 4) is 11.5 Å². The molecule has 142 valence electrons. The highest BCUT2D eigenvalue weighted by molar-refractivity contribution is 5.84. The van der Waals surface area contributed by atoms with E-state index in [-0.39, 0.29) is 30.4 Å². The lowest BCUT2D eigenvalue weighted by Crippen LogP contribution is -2.46. The number of likely N-dealkylation sites (tertiary alicyclic amines) is 1. The van der Waals surface area contributed by atoms with Gasteiger partial charge in [-0.15, -0.1) is 0 Å². The highest BCUT2D eigenvalue weighted by atomic mass is 16.6. The molecule has 2 amide bonds. The molecular weight excluding hydrogens is 334 g/mol. The zero-order valence-corrected chi connectivity index (χ0v) is 15.7. The van der Waals surface area contributed by atoms with Crippen molar-refractivity contribution >= 4 is 11.8 Å². The number of carbonyl (C=O) groups excluding carboxylic acids is 2. The normalized spacial score (nSPS) is 20.5. The summed E-state index contributed by atoms with van der Waals surface area (Å²) in [5, 5.41) is 3.02. The fourth-order valence-corrected chi connectivity index (χ4v) is 3.48. The molecule has 1 N–H and O–H groups in total. The number of rotatable bonds is 5. The summed E-state index contributed by atoms with van der Waals surface area (Å²) in [5.74, 6) is 1.44. The Morgan fingerprint density at radius 2 is 2.00 bits per heavy atom. The molecule has 1 fully saturated rings. The van der Waals surface area contributed by atoms with Gasteiger partial charge >= 0.3 is 0 Å². The first-order valence-electron chi connectivity index (χ1n) is 9.10. The lowest BCUT2D eigenvalue weighted by Gasteiger charge is -2.26. The largest absolute Gasteiger partial charge is 0.486 e. The van der Waals surface area contributed by atoms with Crippen LogP contribution in [0.25, 0.3) is 0 Å². The number of fused-ring (bicyclic) bond motifs is 1. The molecule has 0 radical (unpaired) electrons. The van der Waals surface area contributed by atoms with E-state index in [2.05, 4.69) is 5.32 Å². The molecule has 2 heterocycles. The Kier molecular flexibility index (Phi) is 5.66. The van der Waals surface area contributed by atoms with Gasteiger partial charge in [-0.05, 0) is 44.0 Å². The summed E-state index contributed by atoms with van der Waals surface area (Å²) in [6, 6.07) is 5.38. The third-order valence-corrected chi connectivity index (χ3v) is 4.88. The minimum Gasteiger partial charge on any atom is -0.486 e. The molecule has 26 heavy (non-hydrogen) atoms. The van der Waals surface area contributed by atoms with Gasteiger partial charge in [-0.2, -0.15) is 0 Å². The van der Waals surface area contributed by atoms with Gasteiger partial charge in [0, 0.05) is 14.1 Å². The molecule has 0 spiro atoms. The molecule has 2 atom stereocenters. The summed E-state index contributed by atoms with van der Waals surface area (Å²) in [7, 11) is 3.51. The molecule has 1 aromatic rings. The maximum atomic E-state index is 12.5. The van der Waals surface area contributed by atoms with Crippen LogP contribution in [0.15, 0.2) is 18.2 Å². The molecule has 0 aromatic heterocycles. The maximum absolute atomic E-state index is 12.5. The van der Waals surface area contributed by atoms with Crippen molar-refractivity contribution in [1.29, 1.82) is 0 Å². The number of amides is 2. The van der Waals surface area contributed by atoms with Crippen LogP contribution in [0.2, 0.25) is 0 Å². The van der Waals surface area contributed by atoms with Crippen LogP contribution in [0, 0.1) is 0 Å². The van der Waals surface area contributed by atoms with Gasteiger partial charge in [-0.25, -0.2) is 0 Å². The standard InChI is InChI=1S/C19H27N3O4/c1-13(14-6-7-16-17(11-14)26-10-9-25-16)20-18(23)12-22-8-4-5-15(22)19(24)21(2)3/h6-7,11,13,15H,4-5,8-10,12H2,1-3H3,(H,20,23). The van der Waals surface area contributed by atoms with E-state index in [1.54, 1.807) is 19.0 Å². The predicted molar refractivity (Wildman–Crippen MR) is 97.3 cm³/mol. The first-order chi connectivity index (χ1) is 12.5. The van der Waals surface area contributed by atoms with Crippen LogP contribution in [0.3, 0.4) is 0 Å². The first-order valence-corrected chi connectivity index (χ1v) is 9.10. The van der Waals surface area contributed by atoms with Crippen LogP contribution in [-0.2, 0) is 9.59 Å². The van der Waals surface area contributed by atoms with E-state index in [9.17, 15) is 9.59 Å². The van der Waals surface area contributed by atoms with Gasteiger partial charge in [0.2, 0.25) is 11.8 Å². The van der Waals surface area contributed by atoms with Gasteiger partial charge in [0.1, 0.15) is 13.2 Å². The second kappa shape index (κ2) is 7.95. The van der Waals surface area contributed by atoms with E-state index in [0.717, 1.165) is 30.7 Å². The van der Waals surface area contributed by atoms with E-state index < -0.39 is 0 Å². The van der Waals surface area contributed by atoms with Gasteiger partial charge in [0.25, 0.3) is 0 Å². The van der Waals surface area contributed by atoms with Crippen LogP contribution in [0.5, 0.6) is 11.5 Å². The molecular formula is C19H27N3O4. The number of hydrogen-bond acceptors (Lipinski definition) is 5.